The Morgan fingerprint density at radius 1 is 1.45 bits per heavy atom. The molecule has 0 saturated carbocycles. The number of carbonyl (C=O) groups excluding carboxylic acids is 1. The first-order valence-electron chi connectivity index (χ1n) is 10.2. The molecule has 3 aliphatic heterocycles. The van der Waals surface area contributed by atoms with Crippen molar-refractivity contribution in [2.45, 2.75) is 62.0 Å². The summed E-state index contributed by atoms with van der Waals surface area (Å²) >= 11 is 1.48. The molecule has 0 bridgehead atoms. The molecule has 2 N–H and O–H groups in total. The predicted molar refractivity (Wildman–Crippen MR) is 111 cm³/mol. The highest BCUT2D eigenvalue weighted by atomic mass is 32.2. The van der Waals surface area contributed by atoms with Gasteiger partial charge in [-0.3, -0.25) is 4.79 Å². The normalized spacial score (nSPS) is 25.1. The largest absolute Gasteiger partial charge is 0.462 e. The van der Waals surface area contributed by atoms with E-state index in [0.29, 0.717) is 23.7 Å². The van der Waals surface area contributed by atoms with Crippen molar-refractivity contribution in [2.75, 3.05) is 18.1 Å². The third kappa shape index (κ3) is 2.65. The van der Waals surface area contributed by atoms with Gasteiger partial charge in [0.1, 0.15) is 11.4 Å². The Morgan fingerprint density at radius 3 is 2.97 bits per heavy atom. The number of halogens is 1. The fraction of sp³-hybridized carbons (Fsp3) is 0.524. The zero-order chi connectivity index (χ0) is 20.4. The first-order chi connectivity index (χ1) is 13.9. The van der Waals surface area contributed by atoms with Crippen molar-refractivity contribution in [3.8, 4) is 0 Å². The maximum absolute atomic E-state index is 15.4. The van der Waals surface area contributed by atoms with Crippen molar-refractivity contribution < 1.29 is 13.9 Å². The Kier molecular flexibility index (Phi) is 4.40. The van der Waals surface area contributed by atoms with E-state index in [9.17, 15) is 9.59 Å². The molecule has 8 heteroatoms. The van der Waals surface area contributed by atoms with E-state index in [1.54, 1.807) is 6.92 Å². The second-order valence-corrected chi connectivity index (χ2v) is 9.40. The van der Waals surface area contributed by atoms with Gasteiger partial charge in [0.05, 0.1) is 33.6 Å². The van der Waals surface area contributed by atoms with Crippen LogP contribution in [0.15, 0.2) is 15.9 Å². The lowest BCUT2D eigenvalue weighted by atomic mass is 9.99. The number of carbonyl (C=O) groups is 1. The molecule has 154 valence electrons. The van der Waals surface area contributed by atoms with Crippen molar-refractivity contribution in [1.29, 1.82) is 0 Å². The maximum Gasteiger partial charge on any atom is 0.344 e. The van der Waals surface area contributed by atoms with E-state index in [2.05, 4.69) is 4.90 Å². The summed E-state index contributed by atoms with van der Waals surface area (Å²) in [6.45, 7) is 4.54. The number of aryl methyl sites for hydroxylation is 1. The van der Waals surface area contributed by atoms with Crippen LogP contribution in [0.3, 0.4) is 0 Å². The highest BCUT2D eigenvalue weighted by molar-refractivity contribution is 8.00. The molecule has 0 aliphatic carbocycles. The fourth-order valence-electron chi connectivity index (χ4n) is 5.16. The maximum atomic E-state index is 15.4. The molecule has 0 radical (unpaired) electrons. The number of thioether (sulfide) groups is 1. The van der Waals surface area contributed by atoms with E-state index in [1.165, 1.54) is 17.8 Å². The highest BCUT2D eigenvalue weighted by Crippen LogP contribution is 2.49. The number of rotatable bonds is 2. The standard InChI is InChI=1S/C21H24FN3O3S/c1-3-28-21(27)16-19(26)14-8-15(22)18-13(17(14)25-10(2)29-20(16)25)6-4-5-12-7-11(23)9-24(12)18/h8,10-12H,3-7,9,23H2,1-2H3/t10?,11-,12+/m0/s1. The van der Waals surface area contributed by atoms with E-state index >= 15 is 4.39 Å². The summed E-state index contributed by atoms with van der Waals surface area (Å²) < 4.78 is 22.5. The van der Waals surface area contributed by atoms with E-state index in [0.717, 1.165) is 30.3 Å². The van der Waals surface area contributed by atoms with Crippen LogP contribution in [-0.2, 0) is 11.2 Å². The van der Waals surface area contributed by atoms with Crippen LogP contribution in [0.25, 0.3) is 10.9 Å². The van der Waals surface area contributed by atoms with Crippen LogP contribution in [0.4, 0.5) is 10.1 Å². The topological polar surface area (TPSA) is 77.6 Å². The smallest absolute Gasteiger partial charge is 0.344 e. The number of aromatic nitrogens is 1. The molecule has 1 aromatic heterocycles. The molecular formula is C21H24FN3O3S. The van der Waals surface area contributed by atoms with Crippen molar-refractivity contribution in [1.82, 2.24) is 4.57 Å². The fourth-order valence-corrected chi connectivity index (χ4v) is 6.29. The van der Waals surface area contributed by atoms with Gasteiger partial charge in [-0.2, -0.15) is 0 Å². The molecule has 6 nitrogen and oxygen atoms in total. The zero-order valence-electron chi connectivity index (χ0n) is 16.5. The minimum Gasteiger partial charge on any atom is -0.462 e. The number of hydrogen-bond acceptors (Lipinski definition) is 6. The van der Waals surface area contributed by atoms with Crippen molar-refractivity contribution in [3.05, 3.63) is 33.2 Å². The average molecular weight is 418 g/mol. The summed E-state index contributed by atoms with van der Waals surface area (Å²) in [4.78, 5) is 27.8. The van der Waals surface area contributed by atoms with Gasteiger partial charge in [-0.1, -0.05) is 11.8 Å². The van der Waals surface area contributed by atoms with Gasteiger partial charge in [-0.05, 0) is 45.6 Å². The number of pyridine rings is 1. The van der Waals surface area contributed by atoms with Gasteiger partial charge in [-0.15, -0.1) is 0 Å². The lowest BCUT2D eigenvalue weighted by molar-refractivity contribution is 0.0518. The van der Waals surface area contributed by atoms with Crippen molar-refractivity contribution in [2.24, 2.45) is 5.73 Å². The van der Waals surface area contributed by atoms with Crippen LogP contribution < -0.4 is 16.1 Å². The van der Waals surface area contributed by atoms with E-state index in [4.69, 9.17) is 10.5 Å². The Balaban J connectivity index is 1.83. The van der Waals surface area contributed by atoms with Crippen LogP contribution in [0.2, 0.25) is 0 Å². The number of anilines is 1. The van der Waals surface area contributed by atoms with E-state index in [1.807, 2.05) is 11.5 Å². The van der Waals surface area contributed by atoms with Crippen LogP contribution in [0.5, 0.6) is 0 Å². The molecule has 4 heterocycles. The van der Waals surface area contributed by atoms with Gasteiger partial charge >= 0.3 is 5.97 Å². The molecule has 1 unspecified atom stereocenters. The molecular weight excluding hydrogens is 393 g/mol. The minimum atomic E-state index is -0.636. The predicted octanol–water partition coefficient (Wildman–Crippen LogP) is 3.18. The number of hydrogen-bond donors (Lipinski definition) is 1. The van der Waals surface area contributed by atoms with Crippen molar-refractivity contribution >= 4 is 34.3 Å². The number of nitrogens with two attached hydrogens (primary N) is 1. The summed E-state index contributed by atoms with van der Waals surface area (Å²) in [6, 6.07) is 1.59. The quantitative estimate of drug-likeness (QED) is 0.757. The Morgan fingerprint density at radius 2 is 2.24 bits per heavy atom. The Hall–Kier alpha value is -2.06. The van der Waals surface area contributed by atoms with Gasteiger partial charge in [0.15, 0.2) is 0 Å². The number of nitrogens with zero attached hydrogens (tertiary/aromatic N) is 2. The monoisotopic (exact) mass is 417 g/mol. The molecule has 29 heavy (non-hydrogen) atoms. The van der Waals surface area contributed by atoms with Crippen LogP contribution >= 0.6 is 11.8 Å². The number of fused-ring (bicyclic) bond motifs is 7. The summed E-state index contributed by atoms with van der Waals surface area (Å²) in [6.07, 6.45) is 3.46. The molecule has 3 atom stereocenters. The first kappa shape index (κ1) is 18.9. The number of benzene rings is 1. The van der Waals surface area contributed by atoms with Gasteiger partial charge in [0.25, 0.3) is 0 Å². The van der Waals surface area contributed by atoms with E-state index in [-0.39, 0.29) is 35.0 Å². The Bertz CT molecular complexity index is 1100. The van der Waals surface area contributed by atoms with Crippen LogP contribution in [-0.4, -0.2) is 35.8 Å². The molecule has 0 amide bonds. The van der Waals surface area contributed by atoms with Crippen molar-refractivity contribution in [3.63, 3.8) is 0 Å². The third-order valence-electron chi connectivity index (χ3n) is 6.29. The second-order valence-electron chi connectivity index (χ2n) is 8.09. The third-order valence-corrected chi connectivity index (χ3v) is 7.47. The molecule has 1 aromatic carbocycles. The summed E-state index contributed by atoms with van der Waals surface area (Å²) in [7, 11) is 0. The Labute approximate surface area is 172 Å². The summed E-state index contributed by atoms with van der Waals surface area (Å²) in [5, 5.41) is 0.957. The SMILES string of the molecule is CCOC(=O)c1c2n(c3c4c(c(F)cc3c1=O)N1C[C@@H](N)C[C@H]1CCC4)C(C)S2. The second kappa shape index (κ2) is 6.74. The molecule has 2 aromatic rings. The summed E-state index contributed by atoms with van der Waals surface area (Å²) in [5.74, 6) is -1.04. The summed E-state index contributed by atoms with van der Waals surface area (Å²) in [5.41, 5.74) is 8.00. The van der Waals surface area contributed by atoms with Crippen LogP contribution in [0.1, 0.15) is 54.4 Å². The highest BCUT2D eigenvalue weighted by Gasteiger charge is 2.39. The molecule has 0 spiro atoms. The molecule has 1 saturated heterocycles. The molecule has 3 aliphatic rings. The zero-order valence-corrected chi connectivity index (χ0v) is 17.4. The lowest BCUT2D eigenvalue weighted by Crippen LogP contribution is -2.33. The molecule has 5 rings (SSSR count). The van der Waals surface area contributed by atoms with E-state index < -0.39 is 17.2 Å². The van der Waals surface area contributed by atoms with Gasteiger partial charge < -0.3 is 19.9 Å². The number of esters is 1. The average Bonchev–Trinajstić information content (AvgIpc) is 2.92. The van der Waals surface area contributed by atoms with Gasteiger partial charge in [0, 0.05) is 24.2 Å². The minimum absolute atomic E-state index is 0.0245. The lowest BCUT2D eigenvalue weighted by Gasteiger charge is -2.35. The molecule has 1 fully saturated rings. The first-order valence-corrected chi connectivity index (χ1v) is 11.1. The van der Waals surface area contributed by atoms with Gasteiger partial charge in [-0.25, -0.2) is 9.18 Å². The van der Waals surface area contributed by atoms with Gasteiger partial charge in [0.2, 0.25) is 5.43 Å². The van der Waals surface area contributed by atoms with Crippen LogP contribution in [0, 0.1) is 5.82 Å². The number of ether oxygens (including phenoxy) is 1.